The number of nitrogens with zero attached hydrogens (tertiary/aromatic N) is 3. The zero-order chi connectivity index (χ0) is 19.4. The minimum atomic E-state index is 0.00791. The summed E-state index contributed by atoms with van der Waals surface area (Å²) in [7, 11) is 1.48. The molecule has 0 aliphatic heterocycles. The Hall–Kier alpha value is -3.59. The molecule has 0 aliphatic carbocycles. The predicted molar refractivity (Wildman–Crippen MR) is 104 cm³/mol. The van der Waals surface area contributed by atoms with E-state index in [9.17, 15) is 10.4 Å². The minimum Gasteiger partial charge on any atom is -0.504 e. The molecule has 0 unspecified atom stereocenters. The van der Waals surface area contributed by atoms with Crippen LogP contribution in [0.5, 0.6) is 11.5 Å². The van der Waals surface area contributed by atoms with Crippen molar-refractivity contribution < 1.29 is 9.84 Å². The number of rotatable bonds is 5. The van der Waals surface area contributed by atoms with E-state index in [2.05, 4.69) is 21.4 Å². The first kappa shape index (κ1) is 18.2. The van der Waals surface area contributed by atoms with E-state index in [-0.39, 0.29) is 17.6 Å². The molecule has 2 aromatic carbocycles. The number of hydrogen-bond donors (Lipinski definition) is 2. The topological polar surface area (TPSA) is 91.1 Å². The predicted octanol–water partition coefficient (Wildman–Crippen LogP) is 4.21. The van der Waals surface area contributed by atoms with Crippen LogP contribution in [0.15, 0.2) is 48.5 Å². The molecular formula is C21H20N4O2. The number of aromatic hydroxyl groups is 1. The number of phenolic OH excluding ortho intramolecular Hbond substituents is 1. The van der Waals surface area contributed by atoms with Gasteiger partial charge in [-0.05, 0) is 37.6 Å². The molecule has 0 bridgehead atoms. The van der Waals surface area contributed by atoms with Gasteiger partial charge < -0.3 is 15.2 Å². The normalized spacial score (nSPS) is 11.5. The third kappa shape index (κ3) is 4.15. The van der Waals surface area contributed by atoms with Crippen LogP contribution >= 0.6 is 0 Å². The van der Waals surface area contributed by atoms with Crippen molar-refractivity contribution in [2.24, 2.45) is 0 Å². The Morgan fingerprint density at radius 2 is 1.96 bits per heavy atom. The van der Waals surface area contributed by atoms with Crippen LogP contribution in [-0.4, -0.2) is 22.2 Å². The second kappa shape index (κ2) is 7.75. The van der Waals surface area contributed by atoms with Gasteiger partial charge in [0.15, 0.2) is 11.5 Å². The molecule has 2 N–H and O–H groups in total. The van der Waals surface area contributed by atoms with Crippen molar-refractivity contribution in [3.8, 4) is 28.8 Å². The molecule has 1 atom stereocenters. The number of nitriles is 1. The highest BCUT2D eigenvalue weighted by Gasteiger charge is 2.12. The van der Waals surface area contributed by atoms with Crippen molar-refractivity contribution in [3.63, 3.8) is 0 Å². The van der Waals surface area contributed by atoms with Crippen LogP contribution in [0.2, 0.25) is 0 Å². The van der Waals surface area contributed by atoms with E-state index in [4.69, 9.17) is 4.74 Å². The van der Waals surface area contributed by atoms with Gasteiger partial charge in [0.2, 0.25) is 5.82 Å². The van der Waals surface area contributed by atoms with Crippen LogP contribution in [-0.2, 0) is 0 Å². The van der Waals surface area contributed by atoms with E-state index in [1.807, 2.05) is 38.1 Å². The maximum atomic E-state index is 9.78. The fourth-order valence-electron chi connectivity index (χ4n) is 2.80. The quantitative estimate of drug-likeness (QED) is 0.708. The van der Waals surface area contributed by atoms with E-state index in [0.29, 0.717) is 17.3 Å². The van der Waals surface area contributed by atoms with Gasteiger partial charge in [0, 0.05) is 17.7 Å². The first-order valence-electron chi connectivity index (χ1n) is 8.50. The molecule has 0 radical (unpaired) electrons. The summed E-state index contributed by atoms with van der Waals surface area (Å²) < 4.78 is 5.15. The fraction of sp³-hybridized carbons (Fsp3) is 0.190. The average Bonchev–Trinajstić information content (AvgIpc) is 2.68. The van der Waals surface area contributed by atoms with Crippen LogP contribution in [0.1, 0.15) is 29.9 Å². The lowest BCUT2D eigenvalue weighted by Gasteiger charge is -2.16. The van der Waals surface area contributed by atoms with Crippen molar-refractivity contribution in [2.45, 2.75) is 19.9 Å². The van der Waals surface area contributed by atoms with E-state index < -0.39 is 0 Å². The smallest absolute Gasteiger partial charge is 0.234 e. The van der Waals surface area contributed by atoms with E-state index in [1.54, 1.807) is 18.2 Å². The largest absolute Gasteiger partial charge is 0.504 e. The monoisotopic (exact) mass is 360 g/mol. The second-order valence-corrected chi connectivity index (χ2v) is 6.24. The number of phenols is 1. The van der Waals surface area contributed by atoms with Crippen LogP contribution in [0.3, 0.4) is 0 Å². The van der Waals surface area contributed by atoms with Crippen molar-refractivity contribution >= 4 is 5.82 Å². The van der Waals surface area contributed by atoms with Crippen LogP contribution in [0.25, 0.3) is 11.3 Å². The molecule has 1 aromatic heterocycles. The van der Waals surface area contributed by atoms with Crippen molar-refractivity contribution in [1.29, 1.82) is 5.26 Å². The van der Waals surface area contributed by atoms with Crippen molar-refractivity contribution in [1.82, 2.24) is 9.97 Å². The SMILES string of the molecule is COc1cc(-c2cc(N[C@@H](C)c3cccc(C)c3)nc(C#N)n2)ccc1O. The van der Waals surface area contributed by atoms with Gasteiger partial charge in [-0.3, -0.25) is 0 Å². The number of aryl methyl sites for hydroxylation is 1. The Bertz CT molecular complexity index is 1010. The van der Waals surface area contributed by atoms with E-state index in [1.165, 1.54) is 18.7 Å². The third-order valence-electron chi connectivity index (χ3n) is 4.21. The number of hydrogen-bond acceptors (Lipinski definition) is 6. The Morgan fingerprint density at radius 1 is 1.15 bits per heavy atom. The molecule has 3 rings (SSSR count). The summed E-state index contributed by atoms with van der Waals surface area (Å²) in [6, 6.07) is 16.9. The molecule has 136 valence electrons. The Morgan fingerprint density at radius 3 is 2.67 bits per heavy atom. The minimum absolute atomic E-state index is 0.00791. The highest BCUT2D eigenvalue weighted by atomic mass is 16.5. The summed E-state index contributed by atoms with van der Waals surface area (Å²) in [5.74, 6) is 1.01. The Balaban J connectivity index is 1.95. The molecular weight excluding hydrogens is 340 g/mol. The molecule has 3 aromatic rings. The first-order chi connectivity index (χ1) is 13.0. The molecule has 6 heteroatoms. The first-order valence-corrected chi connectivity index (χ1v) is 8.50. The van der Waals surface area contributed by atoms with Gasteiger partial charge in [0.1, 0.15) is 11.9 Å². The summed E-state index contributed by atoms with van der Waals surface area (Å²) in [4.78, 5) is 8.53. The van der Waals surface area contributed by atoms with Crippen LogP contribution < -0.4 is 10.1 Å². The van der Waals surface area contributed by atoms with Gasteiger partial charge in [-0.1, -0.05) is 29.8 Å². The number of methoxy groups -OCH3 is 1. The zero-order valence-electron chi connectivity index (χ0n) is 15.4. The average molecular weight is 360 g/mol. The molecule has 0 fully saturated rings. The molecule has 0 aliphatic rings. The maximum absolute atomic E-state index is 9.78. The third-order valence-corrected chi connectivity index (χ3v) is 4.21. The summed E-state index contributed by atoms with van der Waals surface area (Å²) in [5.41, 5.74) is 3.59. The number of ether oxygens (including phenoxy) is 1. The molecule has 1 heterocycles. The summed E-state index contributed by atoms with van der Waals surface area (Å²) in [5, 5.41) is 22.4. The number of anilines is 1. The van der Waals surface area contributed by atoms with Gasteiger partial charge in [-0.15, -0.1) is 0 Å². The van der Waals surface area contributed by atoms with E-state index in [0.717, 1.165) is 11.1 Å². The highest BCUT2D eigenvalue weighted by Crippen LogP contribution is 2.31. The maximum Gasteiger partial charge on any atom is 0.234 e. The number of nitrogens with one attached hydrogen (secondary N) is 1. The molecule has 0 saturated carbocycles. The zero-order valence-corrected chi connectivity index (χ0v) is 15.4. The second-order valence-electron chi connectivity index (χ2n) is 6.24. The van der Waals surface area contributed by atoms with Crippen LogP contribution in [0.4, 0.5) is 5.82 Å². The van der Waals surface area contributed by atoms with Gasteiger partial charge in [0.25, 0.3) is 0 Å². The molecule has 27 heavy (non-hydrogen) atoms. The van der Waals surface area contributed by atoms with Crippen molar-refractivity contribution in [3.05, 3.63) is 65.5 Å². The summed E-state index contributed by atoms with van der Waals surface area (Å²) >= 11 is 0. The molecule has 0 spiro atoms. The van der Waals surface area contributed by atoms with E-state index >= 15 is 0 Å². The van der Waals surface area contributed by atoms with Gasteiger partial charge in [-0.25, -0.2) is 9.97 Å². The van der Waals surface area contributed by atoms with Crippen LogP contribution in [0, 0.1) is 18.3 Å². The van der Waals surface area contributed by atoms with Gasteiger partial charge in [0.05, 0.1) is 12.8 Å². The highest BCUT2D eigenvalue weighted by molar-refractivity contribution is 5.66. The fourth-order valence-corrected chi connectivity index (χ4v) is 2.80. The standard InChI is InChI=1S/C21H20N4O2/c1-13-5-4-6-15(9-13)14(2)23-20-11-17(24-21(12-22)25-20)16-7-8-18(26)19(10-16)27-3/h4-11,14,26H,1-3H3,(H,23,24,25)/t14-/m0/s1. The Kier molecular flexibility index (Phi) is 5.23. The summed E-state index contributed by atoms with van der Waals surface area (Å²) in [6.45, 7) is 4.08. The van der Waals surface area contributed by atoms with Gasteiger partial charge in [-0.2, -0.15) is 5.26 Å². The lowest BCUT2D eigenvalue weighted by atomic mass is 10.1. The molecule has 6 nitrogen and oxygen atoms in total. The van der Waals surface area contributed by atoms with Gasteiger partial charge >= 0.3 is 0 Å². The van der Waals surface area contributed by atoms with Crippen molar-refractivity contribution in [2.75, 3.05) is 12.4 Å². The number of aromatic nitrogens is 2. The number of benzene rings is 2. The Labute approximate surface area is 158 Å². The lowest BCUT2D eigenvalue weighted by Crippen LogP contribution is -2.09. The molecule has 0 amide bonds. The molecule has 0 saturated heterocycles. The summed E-state index contributed by atoms with van der Waals surface area (Å²) in [6.07, 6.45) is 0. The lowest BCUT2D eigenvalue weighted by molar-refractivity contribution is 0.373.